The van der Waals surface area contributed by atoms with E-state index in [1.807, 2.05) is 11.8 Å². The minimum Gasteiger partial charge on any atom is -0.313 e. The molecule has 106 valence electrons. The van der Waals surface area contributed by atoms with E-state index in [0.717, 1.165) is 19.4 Å². The Hall–Kier alpha value is 0.170. The predicted octanol–water partition coefficient (Wildman–Crippen LogP) is 4.08. The van der Waals surface area contributed by atoms with Gasteiger partial charge in [-0.05, 0) is 50.3 Å². The first-order chi connectivity index (χ1) is 8.61. The van der Waals surface area contributed by atoms with Gasteiger partial charge in [0.05, 0.1) is 0 Å². The SMILES string of the molecule is CCCNC(CC1CCC(F)(F)C1)C1CCCS1. The van der Waals surface area contributed by atoms with Crippen LogP contribution < -0.4 is 5.32 Å². The number of alkyl halides is 2. The molecule has 0 aromatic rings. The maximum Gasteiger partial charge on any atom is 0.248 e. The highest BCUT2D eigenvalue weighted by Gasteiger charge is 2.40. The van der Waals surface area contributed by atoms with E-state index in [9.17, 15) is 8.78 Å². The third kappa shape index (κ3) is 4.09. The van der Waals surface area contributed by atoms with E-state index < -0.39 is 5.92 Å². The fourth-order valence-electron chi connectivity index (χ4n) is 3.22. The highest BCUT2D eigenvalue weighted by molar-refractivity contribution is 8.00. The molecular formula is C14H25F2NS. The summed E-state index contributed by atoms with van der Waals surface area (Å²) in [7, 11) is 0. The van der Waals surface area contributed by atoms with Gasteiger partial charge in [-0.2, -0.15) is 11.8 Å². The average Bonchev–Trinajstić information content (AvgIpc) is 2.94. The second kappa shape index (κ2) is 6.56. The lowest BCUT2D eigenvalue weighted by Gasteiger charge is -2.27. The largest absolute Gasteiger partial charge is 0.313 e. The van der Waals surface area contributed by atoms with Gasteiger partial charge in [0.25, 0.3) is 0 Å². The van der Waals surface area contributed by atoms with Crippen molar-refractivity contribution in [2.24, 2.45) is 5.92 Å². The summed E-state index contributed by atoms with van der Waals surface area (Å²) in [5, 5.41) is 4.26. The molecule has 0 aromatic carbocycles. The Morgan fingerprint density at radius 2 is 2.22 bits per heavy atom. The maximum absolute atomic E-state index is 13.2. The number of rotatable bonds is 6. The normalized spacial score (nSPS) is 32.8. The predicted molar refractivity (Wildman–Crippen MR) is 74.5 cm³/mol. The molecule has 18 heavy (non-hydrogen) atoms. The number of halogens is 2. The van der Waals surface area contributed by atoms with Crippen LogP contribution in [0.3, 0.4) is 0 Å². The molecule has 0 amide bonds. The van der Waals surface area contributed by atoms with E-state index in [2.05, 4.69) is 12.2 Å². The Balaban J connectivity index is 1.84. The number of hydrogen-bond donors (Lipinski definition) is 1. The van der Waals surface area contributed by atoms with Crippen molar-refractivity contribution in [2.45, 2.75) is 69.1 Å². The van der Waals surface area contributed by atoms with E-state index >= 15 is 0 Å². The summed E-state index contributed by atoms with van der Waals surface area (Å²) in [6.07, 6.45) is 5.57. The lowest BCUT2D eigenvalue weighted by atomic mass is 9.94. The number of hydrogen-bond acceptors (Lipinski definition) is 2. The zero-order valence-electron chi connectivity index (χ0n) is 11.3. The zero-order chi connectivity index (χ0) is 13.0. The van der Waals surface area contributed by atoms with Crippen molar-refractivity contribution in [2.75, 3.05) is 12.3 Å². The summed E-state index contributed by atoms with van der Waals surface area (Å²) in [5.41, 5.74) is 0. The molecular weight excluding hydrogens is 252 g/mol. The standard InChI is InChI=1S/C14H25F2NS/c1-2-7-17-12(13-4-3-8-18-13)9-11-5-6-14(15,16)10-11/h11-13,17H,2-10H2,1H3. The second-order valence-electron chi connectivity index (χ2n) is 5.81. The fourth-order valence-corrected chi connectivity index (χ4v) is 4.63. The Morgan fingerprint density at radius 1 is 1.39 bits per heavy atom. The van der Waals surface area contributed by atoms with Gasteiger partial charge in [0.1, 0.15) is 0 Å². The maximum atomic E-state index is 13.2. The molecule has 0 spiro atoms. The van der Waals surface area contributed by atoms with Gasteiger partial charge in [-0.3, -0.25) is 0 Å². The van der Waals surface area contributed by atoms with E-state index in [4.69, 9.17) is 0 Å². The van der Waals surface area contributed by atoms with Gasteiger partial charge in [0.15, 0.2) is 0 Å². The average molecular weight is 277 g/mol. The van der Waals surface area contributed by atoms with Crippen LogP contribution in [0.25, 0.3) is 0 Å². The molecule has 1 saturated heterocycles. The van der Waals surface area contributed by atoms with E-state index in [0.29, 0.717) is 17.7 Å². The van der Waals surface area contributed by atoms with Crippen molar-refractivity contribution in [1.29, 1.82) is 0 Å². The Morgan fingerprint density at radius 3 is 2.78 bits per heavy atom. The van der Waals surface area contributed by atoms with Crippen molar-refractivity contribution < 1.29 is 8.78 Å². The molecule has 1 nitrogen and oxygen atoms in total. The first kappa shape index (κ1) is 14.6. The van der Waals surface area contributed by atoms with Crippen LogP contribution in [0.2, 0.25) is 0 Å². The van der Waals surface area contributed by atoms with Gasteiger partial charge in [0.2, 0.25) is 5.92 Å². The molecule has 2 fully saturated rings. The van der Waals surface area contributed by atoms with Crippen molar-refractivity contribution in [3.05, 3.63) is 0 Å². The minimum absolute atomic E-state index is 0.107. The van der Waals surface area contributed by atoms with Gasteiger partial charge in [-0.25, -0.2) is 8.78 Å². The molecule has 4 heteroatoms. The molecule has 1 saturated carbocycles. The van der Waals surface area contributed by atoms with Gasteiger partial charge in [-0.1, -0.05) is 6.92 Å². The minimum atomic E-state index is -2.39. The van der Waals surface area contributed by atoms with Crippen LogP contribution in [0.4, 0.5) is 8.78 Å². The first-order valence-corrected chi connectivity index (χ1v) is 8.38. The lowest BCUT2D eigenvalue weighted by Crippen LogP contribution is -2.39. The van der Waals surface area contributed by atoms with Crippen LogP contribution in [-0.2, 0) is 0 Å². The summed E-state index contributed by atoms with van der Waals surface area (Å²) in [4.78, 5) is 0. The molecule has 1 aliphatic carbocycles. The van der Waals surface area contributed by atoms with E-state index in [1.54, 1.807) is 0 Å². The highest BCUT2D eigenvalue weighted by Crippen LogP contribution is 2.42. The molecule has 3 atom stereocenters. The Labute approximate surface area is 113 Å². The van der Waals surface area contributed by atoms with Crippen molar-refractivity contribution >= 4 is 11.8 Å². The summed E-state index contributed by atoms with van der Waals surface area (Å²) < 4.78 is 26.5. The van der Waals surface area contributed by atoms with E-state index in [1.165, 1.54) is 18.6 Å². The van der Waals surface area contributed by atoms with Gasteiger partial charge in [0, 0.05) is 24.1 Å². The number of nitrogens with one attached hydrogen (secondary N) is 1. The second-order valence-corrected chi connectivity index (χ2v) is 7.16. The van der Waals surface area contributed by atoms with Crippen molar-refractivity contribution in [3.8, 4) is 0 Å². The monoisotopic (exact) mass is 277 g/mol. The van der Waals surface area contributed by atoms with Gasteiger partial charge in [-0.15, -0.1) is 0 Å². The molecule has 1 N–H and O–H groups in total. The molecule has 3 unspecified atom stereocenters. The lowest BCUT2D eigenvalue weighted by molar-refractivity contribution is 0.00431. The van der Waals surface area contributed by atoms with Crippen molar-refractivity contribution in [3.63, 3.8) is 0 Å². The summed E-state index contributed by atoms with van der Waals surface area (Å²) in [5.74, 6) is -0.908. The van der Waals surface area contributed by atoms with Crippen LogP contribution in [-0.4, -0.2) is 29.5 Å². The third-order valence-electron chi connectivity index (χ3n) is 4.16. The number of thioether (sulfide) groups is 1. The highest BCUT2D eigenvalue weighted by atomic mass is 32.2. The zero-order valence-corrected chi connectivity index (χ0v) is 12.1. The summed E-state index contributed by atoms with van der Waals surface area (Å²) in [6.45, 7) is 3.18. The van der Waals surface area contributed by atoms with Crippen LogP contribution in [0.1, 0.15) is 51.9 Å². The molecule has 1 aliphatic heterocycles. The Bertz CT molecular complexity index is 254. The Kier molecular flexibility index (Phi) is 5.31. The van der Waals surface area contributed by atoms with Crippen LogP contribution in [0.5, 0.6) is 0 Å². The first-order valence-electron chi connectivity index (χ1n) is 7.33. The smallest absolute Gasteiger partial charge is 0.248 e. The molecule has 1 heterocycles. The van der Waals surface area contributed by atoms with Gasteiger partial charge < -0.3 is 5.32 Å². The van der Waals surface area contributed by atoms with Crippen LogP contribution in [0.15, 0.2) is 0 Å². The quantitative estimate of drug-likeness (QED) is 0.785. The topological polar surface area (TPSA) is 12.0 Å². The van der Waals surface area contributed by atoms with Crippen LogP contribution >= 0.6 is 11.8 Å². The third-order valence-corrected chi connectivity index (χ3v) is 5.68. The van der Waals surface area contributed by atoms with Gasteiger partial charge >= 0.3 is 0 Å². The molecule has 2 rings (SSSR count). The molecule has 0 bridgehead atoms. The summed E-state index contributed by atoms with van der Waals surface area (Å²) >= 11 is 2.03. The molecule has 2 aliphatic rings. The van der Waals surface area contributed by atoms with Crippen LogP contribution in [0, 0.1) is 5.92 Å². The fraction of sp³-hybridized carbons (Fsp3) is 1.00. The molecule has 0 aromatic heterocycles. The van der Waals surface area contributed by atoms with Crippen molar-refractivity contribution in [1.82, 2.24) is 5.32 Å². The van der Waals surface area contributed by atoms with E-state index in [-0.39, 0.29) is 18.8 Å². The summed E-state index contributed by atoms with van der Waals surface area (Å²) in [6, 6.07) is 0.455. The molecule has 0 radical (unpaired) electrons.